The summed E-state index contributed by atoms with van der Waals surface area (Å²) in [5, 5.41) is 2.43. The quantitative estimate of drug-likeness (QED) is 0.833. The van der Waals surface area contributed by atoms with Crippen LogP contribution in [0.4, 0.5) is 9.18 Å². The normalized spacial score (nSPS) is 11.6. The summed E-state index contributed by atoms with van der Waals surface area (Å²) in [6.45, 7) is 1.68. The van der Waals surface area contributed by atoms with Crippen molar-refractivity contribution < 1.29 is 18.7 Å². The molecule has 0 aromatic heterocycles. The molecule has 0 aliphatic heterocycles. The van der Waals surface area contributed by atoms with Gasteiger partial charge in [-0.05, 0) is 30.7 Å². The Labute approximate surface area is 138 Å². The maximum Gasteiger partial charge on any atom is 0.413 e. The van der Waals surface area contributed by atoms with Gasteiger partial charge in [0.2, 0.25) is 0 Å². The highest BCUT2D eigenvalue weighted by Gasteiger charge is 2.22. The largest absolute Gasteiger partial charge is 0.413 e. The number of benzene rings is 2. The smallest absolute Gasteiger partial charge is 0.410 e. The minimum absolute atomic E-state index is 0.0697. The van der Waals surface area contributed by atoms with Crippen molar-refractivity contribution in [2.24, 2.45) is 0 Å². The fourth-order valence-electron chi connectivity index (χ4n) is 2.20. The molecule has 0 heterocycles. The van der Waals surface area contributed by atoms with Crippen LogP contribution in [0.25, 0.3) is 0 Å². The van der Waals surface area contributed by atoms with Gasteiger partial charge < -0.3 is 14.8 Å². The molecule has 1 amide bonds. The van der Waals surface area contributed by atoms with Gasteiger partial charge in [-0.15, -0.1) is 0 Å². The summed E-state index contributed by atoms with van der Waals surface area (Å²) in [4.78, 5) is 22.9. The second-order valence-electron chi connectivity index (χ2n) is 4.89. The van der Waals surface area contributed by atoms with Gasteiger partial charge in [0.05, 0.1) is 11.1 Å². The number of amides is 1. The summed E-state index contributed by atoms with van der Waals surface area (Å²) >= 11 is 5.79. The Balaban J connectivity index is 2.21. The summed E-state index contributed by atoms with van der Waals surface area (Å²) < 4.78 is 19.4. The Hall–Kier alpha value is -2.40. The van der Waals surface area contributed by atoms with Crippen LogP contribution in [-0.2, 0) is 4.79 Å². The fraction of sp³-hybridized carbons (Fsp3) is 0.176. The van der Waals surface area contributed by atoms with Gasteiger partial charge >= 0.3 is 6.09 Å². The summed E-state index contributed by atoms with van der Waals surface area (Å²) in [5.74, 6) is -0.309. The summed E-state index contributed by atoms with van der Waals surface area (Å²) in [6.07, 6.45) is -0.267. The van der Waals surface area contributed by atoms with Crippen LogP contribution in [0.5, 0.6) is 5.75 Å². The Bertz CT molecular complexity index is 706. The van der Waals surface area contributed by atoms with Crippen molar-refractivity contribution in [3.8, 4) is 5.75 Å². The van der Waals surface area contributed by atoms with E-state index < -0.39 is 18.0 Å². The van der Waals surface area contributed by atoms with Gasteiger partial charge in [0, 0.05) is 12.0 Å². The van der Waals surface area contributed by atoms with E-state index in [1.807, 2.05) is 0 Å². The number of hydrogen-bond acceptors (Lipinski definition) is 3. The van der Waals surface area contributed by atoms with Crippen molar-refractivity contribution in [3.63, 3.8) is 0 Å². The van der Waals surface area contributed by atoms with Crippen molar-refractivity contribution in [2.75, 3.05) is 0 Å². The number of halogens is 2. The maximum absolute atomic E-state index is 14.3. The second-order valence-corrected chi connectivity index (χ2v) is 5.30. The van der Waals surface area contributed by atoms with E-state index in [4.69, 9.17) is 16.3 Å². The lowest BCUT2D eigenvalue weighted by atomic mass is 9.98. The van der Waals surface area contributed by atoms with E-state index in [-0.39, 0.29) is 17.0 Å². The molecule has 0 fully saturated rings. The minimum atomic E-state index is -0.859. The molecule has 0 radical (unpaired) electrons. The molecular weight excluding hydrogens is 321 g/mol. The van der Waals surface area contributed by atoms with E-state index in [9.17, 15) is 14.0 Å². The lowest BCUT2D eigenvalue weighted by Gasteiger charge is -2.20. The van der Waals surface area contributed by atoms with Crippen LogP contribution in [0, 0.1) is 12.7 Å². The Morgan fingerprint density at radius 1 is 1.30 bits per heavy atom. The molecule has 6 heteroatoms. The number of aryl methyl sites for hydroxylation is 1. The molecule has 4 nitrogen and oxygen atoms in total. The molecule has 0 saturated heterocycles. The van der Waals surface area contributed by atoms with Crippen LogP contribution < -0.4 is 10.1 Å². The Kier molecular flexibility index (Phi) is 5.71. The van der Waals surface area contributed by atoms with E-state index >= 15 is 0 Å². The maximum atomic E-state index is 14.3. The second kappa shape index (κ2) is 7.74. The zero-order valence-corrected chi connectivity index (χ0v) is 13.1. The van der Waals surface area contributed by atoms with Crippen molar-refractivity contribution in [3.05, 3.63) is 64.4 Å². The number of para-hydroxylation sites is 1. The summed E-state index contributed by atoms with van der Waals surface area (Å²) in [6, 6.07) is 10.6. The van der Waals surface area contributed by atoms with Gasteiger partial charge in [-0.2, -0.15) is 0 Å². The molecule has 2 aromatic rings. The van der Waals surface area contributed by atoms with E-state index in [2.05, 4.69) is 5.32 Å². The van der Waals surface area contributed by atoms with E-state index in [0.29, 0.717) is 17.6 Å². The van der Waals surface area contributed by atoms with Crippen molar-refractivity contribution in [2.45, 2.75) is 19.4 Å². The lowest BCUT2D eigenvalue weighted by molar-refractivity contribution is -0.108. The first-order valence-electron chi connectivity index (χ1n) is 6.94. The molecule has 0 saturated carbocycles. The first-order chi connectivity index (χ1) is 11.0. The van der Waals surface area contributed by atoms with Gasteiger partial charge in [-0.25, -0.2) is 9.18 Å². The highest BCUT2D eigenvalue weighted by molar-refractivity contribution is 6.30. The summed E-state index contributed by atoms with van der Waals surface area (Å²) in [5.41, 5.74) is 0.758. The van der Waals surface area contributed by atoms with Crippen LogP contribution >= 0.6 is 11.6 Å². The molecule has 2 aromatic carbocycles. The van der Waals surface area contributed by atoms with Gasteiger partial charge in [0.15, 0.2) is 0 Å². The van der Waals surface area contributed by atoms with E-state index in [1.54, 1.807) is 43.3 Å². The van der Waals surface area contributed by atoms with Gasteiger partial charge in [0.1, 0.15) is 17.9 Å². The SMILES string of the molecule is Cc1ccc(Cl)c(F)c1C(CC=O)NC(=O)Oc1ccccc1. The third kappa shape index (κ3) is 4.29. The molecule has 0 aliphatic rings. The first-order valence-corrected chi connectivity index (χ1v) is 7.32. The van der Waals surface area contributed by atoms with E-state index in [0.717, 1.165) is 0 Å². The minimum Gasteiger partial charge on any atom is -0.410 e. The number of carbonyl (C=O) groups excluding carboxylic acids is 2. The van der Waals surface area contributed by atoms with Crippen LogP contribution in [0.3, 0.4) is 0 Å². The highest BCUT2D eigenvalue weighted by Crippen LogP contribution is 2.28. The number of nitrogens with one attached hydrogen (secondary N) is 1. The average Bonchev–Trinajstić information content (AvgIpc) is 2.52. The van der Waals surface area contributed by atoms with Crippen LogP contribution in [-0.4, -0.2) is 12.4 Å². The monoisotopic (exact) mass is 335 g/mol. The van der Waals surface area contributed by atoms with Crippen molar-refractivity contribution >= 4 is 24.0 Å². The van der Waals surface area contributed by atoms with Crippen LogP contribution in [0.1, 0.15) is 23.6 Å². The molecular formula is C17H15ClFNO3. The Morgan fingerprint density at radius 2 is 2.00 bits per heavy atom. The number of ether oxygens (including phenoxy) is 1. The zero-order valence-electron chi connectivity index (χ0n) is 12.4. The number of rotatable bonds is 5. The predicted octanol–water partition coefficient (Wildman–Crippen LogP) is 4.21. The Morgan fingerprint density at radius 3 is 2.65 bits per heavy atom. The van der Waals surface area contributed by atoms with Crippen molar-refractivity contribution in [1.82, 2.24) is 5.32 Å². The molecule has 23 heavy (non-hydrogen) atoms. The number of carbonyl (C=O) groups is 2. The number of aldehydes is 1. The third-order valence-electron chi connectivity index (χ3n) is 3.28. The van der Waals surface area contributed by atoms with Gasteiger partial charge in [-0.3, -0.25) is 0 Å². The van der Waals surface area contributed by atoms with Crippen LogP contribution in [0.2, 0.25) is 5.02 Å². The molecule has 0 spiro atoms. The van der Waals surface area contributed by atoms with Gasteiger partial charge in [-0.1, -0.05) is 35.9 Å². The summed E-state index contributed by atoms with van der Waals surface area (Å²) in [7, 11) is 0. The molecule has 0 aliphatic carbocycles. The molecule has 1 unspecified atom stereocenters. The molecule has 1 N–H and O–H groups in total. The standard InChI is InChI=1S/C17H15ClFNO3/c1-11-7-8-13(18)16(19)15(11)14(9-10-21)20-17(22)23-12-5-3-2-4-6-12/h2-8,10,14H,9H2,1H3,(H,20,22). The highest BCUT2D eigenvalue weighted by atomic mass is 35.5. The fourth-order valence-corrected chi connectivity index (χ4v) is 2.37. The van der Waals surface area contributed by atoms with Crippen LogP contribution in [0.15, 0.2) is 42.5 Å². The average molecular weight is 336 g/mol. The molecule has 120 valence electrons. The molecule has 0 bridgehead atoms. The van der Waals surface area contributed by atoms with E-state index in [1.165, 1.54) is 6.07 Å². The lowest BCUT2D eigenvalue weighted by Crippen LogP contribution is -2.32. The topological polar surface area (TPSA) is 55.4 Å². The first kappa shape index (κ1) is 17.0. The third-order valence-corrected chi connectivity index (χ3v) is 3.57. The molecule has 2 rings (SSSR count). The van der Waals surface area contributed by atoms with Crippen molar-refractivity contribution in [1.29, 1.82) is 0 Å². The predicted molar refractivity (Wildman–Crippen MR) is 85.2 cm³/mol. The van der Waals surface area contributed by atoms with Gasteiger partial charge in [0.25, 0.3) is 0 Å². The number of hydrogen-bond donors (Lipinski definition) is 1. The zero-order chi connectivity index (χ0) is 16.8. The molecule has 1 atom stereocenters.